The highest BCUT2D eigenvalue weighted by molar-refractivity contribution is 7.92. The van der Waals surface area contributed by atoms with Crippen LogP contribution in [0, 0.1) is 13.8 Å². The summed E-state index contributed by atoms with van der Waals surface area (Å²) < 4.78 is 28.0. The Kier molecular flexibility index (Phi) is 6.86. The highest BCUT2D eigenvalue weighted by Gasteiger charge is 2.22. The first kappa shape index (κ1) is 21.2. The van der Waals surface area contributed by atoms with E-state index < -0.39 is 10.0 Å². The molecule has 1 amide bonds. The van der Waals surface area contributed by atoms with E-state index in [2.05, 4.69) is 10.0 Å². The Morgan fingerprint density at radius 1 is 1.04 bits per heavy atom. The minimum absolute atomic E-state index is 0. The number of carbonyl (C=O) groups is 1. The van der Waals surface area contributed by atoms with Crippen LogP contribution in [-0.2, 0) is 10.0 Å². The molecule has 1 heterocycles. The second-order valence-corrected chi connectivity index (χ2v) is 8.17. The summed E-state index contributed by atoms with van der Waals surface area (Å²) in [6.45, 7) is 6.49. The van der Waals surface area contributed by atoms with Crippen molar-refractivity contribution in [3.8, 4) is 0 Å². The molecule has 146 valence electrons. The van der Waals surface area contributed by atoms with Crippen LogP contribution in [0.4, 0.5) is 5.69 Å². The van der Waals surface area contributed by atoms with E-state index in [4.69, 9.17) is 0 Å². The number of sulfonamides is 1. The number of rotatable bonds is 4. The zero-order valence-electron chi connectivity index (χ0n) is 15.4. The maximum Gasteiger partial charge on any atom is 0.261 e. The number of hydrogen-bond acceptors (Lipinski definition) is 4. The van der Waals surface area contributed by atoms with Gasteiger partial charge < -0.3 is 10.2 Å². The molecule has 1 aliphatic rings. The maximum absolute atomic E-state index is 12.8. The quantitative estimate of drug-likeness (QED) is 0.813. The lowest BCUT2D eigenvalue weighted by atomic mass is 10.1. The zero-order chi connectivity index (χ0) is 18.7. The first-order valence-corrected chi connectivity index (χ1v) is 10.1. The van der Waals surface area contributed by atoms with E-state index in [0.717, 1.165) is 24.2 Å². The van der Waals surface area contributed by atoms with Crippen molar-refractivity contribution in [2.45, 2.75) is 18.7 Å². The number of anilines is 1. The lowest BCUT2D eigenvalue weighted by Crippen LogP contribution is -2.46. The molecule has 6 nitrogen and oxygen atoms in total. The lowest BCUT2D eigenvalue weighted by molar-refractivity contribution is 0.0735. The van der Waals surface area contributed by atoms with Crippen LogP contribution < -0.4 is 10.0 Å². The Bertz CT molecular complexity index is 908. The number of halogens is 1. The number of benzene rings is 2. The molecule has 1 aliphatic heterocycles. The van der Waals surface area contributed by atoms with Crippen molar-refractivity contribution >= 4 is 34.0 Å². The van der Waals surface area contributed by atoms with Crippen LogP contribution in [-0.4, -0.2) is 45.4 Å². The number of aryl methyl sites for hydroxylation is 2. The van der Waals surface area contributed by atoms with Crippen molar-refractivity contribution in [1.82, 2.24) is 10.2 Å². The first-order valence-electron chi connectivity index (χ1n) is 8.57. The molecule has 0 aliphatic carbocycles. The topological polar surface area (TPSA) is 78.5 Å². The van der Waals surface area contributed by atoms with Gasteiger partial charge in [-0.2, -0.15) is 0 Å². The number of nitrogens with zero attached hydrogens (tertiary/aromatic N) is 1. The fraction of sp³-hybridized carbons (Fsp3) is 0.316. The number of piperazine rings is 1. The summed E-state index contributed by atoms with van der Waals surface area (Å²) in [6, 6.07) is 11.8. The highest BCUT2D eigenvalue weighted by atomic mass is 35.5. The Balaban J connectivity index is 0.00000261. The van der Waals surface area contributed by atoms with Gasteiger partial charge in [-0.1, -0.05) is 23.8 Å². The summed E-state index contributed by atoms with van der Waals surface area (Å²) >= 11 is 0. The summed E-state index contributed by atoms with van der Waals surface area (Å²) in [5.74, 6) is -0.128. The average molecular weight is 410 g/mol. The number of hydrogen-bond donors (Lipinski definition) is 2. The minimum Gasteiger partial charge on any atom is -0.336 e. The summed E-state index contributed by atoms with van der Waals surface area (Å²) in [6.07, 6.45) is 0. The molecule has 0 radical (unpaired) electrons. The molecule has 0 spiro atoms. The van der Waals surface area contributed by atoms with Crippen LogP contribution >= 0.6 is 12.4 Å². The number of carbonyl (C=O) groups excluding carboxylic acids is 1. The molecule has 2 aromatic rings. The molecule has 1 fully saturated rings. The van der Waals surface area contributed by atoms with Gasteiger partial charge in [0.25, 0.3) is 15.9 Å². The van der Waals surface area contributed by atoms with Crippen molar-refractivity contribution < 1.29 is 13.2 Å². The van der Waals surface area contributed by atoms with Crippen LogP contribution in [0.5, 0.6) is 0 Å². The summed E-state index contributed by atoms with van der Waals surface area (Å²) in [7, 11) is -3.76. The van der Waals surface area contributed by atoms with Gasteiger partial charge in [0.2, 0.25) is 0 Å². The predicted octanol–water partition coefficient (Wildman–Crippen LogP) is 2.57. The van der Waals surface area contributed by atoms with Crippen LogP contribution in [0.15, 0.2) is 47.4 Å². The van der Waals surface area contributed by atoms with E-state index >= 15 is 0 Å². The third kappa shape index (κ3) is 5.00. The fourth-order valence-corrected chi connectivity index (χ4v) is 3.96. The van der Waals surface area contributed by atoms with Gasteiger partial charge in [-0.15, -0.1) is 12.4 Å². The zero-order valence-corrected chi connectivity index (χ0v) is 17.0. The van der Waals surface area contributed by atoms with Crippen LogP contribution in [0.25, 0.3) is 0 Å². The van der Waals surface area contributed by atoms with Gasteiger partial charge in [-0.05, 0) is 43.7 Å². The van der Waals surface area contributed by atoms with Gasteiger partial charge in [0.15, 0.2) is 0 Å². The molecule has 0 unspecified atom stereocenters. The van der Waals surface area contributed by atoms with E-state index in [0.29, 0.717) is 24.3 Å². The Labute approximate surface area is 166 Å². The molecule has 27 heavy (non-hydrogen) atoms. The van der Waals surface area contributed by atoms with Crippen LogP contribution in [0.3, 0.4) is 0 Å². The number of amides is 1. The molecule has 8 heteroatoms. The van der Waals surface area contributed by atoms with Gasteiger partial charge in [-0.3, -0.25) is 9.52 Å². The molecule has 2 N–H and O–H groups in total. The number of nitrogens with one attached hydrogen (secondary N) is 2. The normalized spacial score (nSPS) is 14.4. The molecule has 2 aromatic carbocycles. The van der Waals surface area contributed by atoms with Crippen molar-refractivity contribution in [3.05, 3.63) is 59.2 Å². The largest absolute Gasteiger partial charge is 0.336 e. The van der Waals surface area contributed by atoms with Gasteiger partial charge in [-0.25, -0.2) is 8.42 Å². The second kappa shape index (κ2) is 8.73. The lowest BCUT2D eigenvalue weighted by Gasteiger charge is -2.28. The van der Waals surface area contributed by atoms with E-state index in [-0.39, 0.29) is 23.2 Å². The van der Waals surface area contributed by atoms with Gasteiger partial charge in [0.1, 0.15) is 0 Å². The van der Waals surface area contributed by atoms with E-state index in [1.54, 1.807) is 23.1 Å². The molecular formula is C19H24ClN3O3S. The molecular weight excluding hydrogens is 386 g/mol. The average Bonchev–Trinajstić information content (AvgIpc) is 2.64. The Morgan fingerprint density at radius 2 is 1.67 bits per heavy atom. The van der Waals surface area contributed by atoms with E-state index in [9.17, 15) is 13.2 Å². The molecule has 3 rings (SSSR count). The SMILES string of the molecule is Cc1ccc(NS(=O)(=O)c2ccc(C)c(C(=O)N3CCNCC3)c2)cc1.Cl. The third-order valence-corrected chi connectivity index (χ3v) is 5.84. The standard InChI is InChI=1S/C19H23N3O3S.ClH/c1-14-3-6-16(7-4-14)21-26(24,25)17-8-5-15(2)18(13-17)19(23)22-11-9-20-10-12-22;/h3-8,13,20-21H,9-12H2,1-2H3;1H. The summed E-state index contributed by atoms with van der Waals surface area (Å²) in [5, 5.41) is 3.20. The summed E-state index contributed by atoms with van der Waals surface area (Å²) in [5.41, 5.74) is 2.74. The summed E-state index contributed by atoms with van der Waals surface area (Å²) in [4.78, 5) is 14.6. The van der Waals surface area contributed by atoms with Crippen molar-refractivity contribution in [3.63, 3.8) is 0 Å². The minimum atomic E-state index is -3.76. The molecule has 0 bridgehead atoms. The Hall–Kier alpha value is -2.09. The molecule has 1 saturated heterocycles. The van der Waals surface area contributed by atoms with E-state index in [1.165, 1.54) is 12.1 Å². The van der Waals surface area contributed by atoms with Gasteiger partial charge in [0.05, 0.1) is 4.90 Å². The second-order valence-electron chi connectivity index (χ2n) is 6.49. The maximum atomic E-state index is 12.8. The Morgan fingerprint density at radius 3 is 2.30 bits per heavy atom. The smallest absolute Gasteiger partial charge is 0.261 e. The van der Waals surface area contributed by atoms with Crippen LogP contribution in [0.1, 0.15) is 21.5 Å². The van der Waals surface area contributed by atoms with Crippen molar-refractivity contribution in [2.75, 3.05) is 30.9 Å². The highest BCUT2D eigenvalue weighted by Crippen LogP contribution is 2.21. The van der Waals surface area contributed by atoms with Gasteiger partial charge in [0, 0.05) is 37.4 Å². The first-order chi connectivity index (χ1) is 12.4. The van der Waals surface area contributed by atoms with Crippen molar-refractivity contribution in [1.29, 1.82) is 0 Å². The molecule has 0 aromatic heterocycles. The monoisotopic (exact) mass is 409 g/mol. The fourth-order valence-electron chi connectivity index (χ4n) is 2.87. The predicted molar refractivity (Wildman–Crippen MR) is 109 cm³/mol. The van der Waals surface area contributed by atoms with Crippen molar-refractivity contribution in [2.24, 2.45) is 0 Å². The van der Waals surface area contributed by atoms with Crippen LogP contribution in [0.2, 0.25) is 0 Å². The molecule has 0 atom stereocenters. The third-order valence-electron chi connectivity index (χ3n) is 4.46. The van der Waals surface area contributed by atoms with E-state index in [1.807, 2.05) is 26.0 Å². The van der Waals surface area contributed by atoms with Gasteiger partial charge >= 0.3 is 0 Å². The molecule has 0 saturated carbocycles.